The van der Waals surface area contributed by atoms with Crippen LogP contribution in [0.5, 0.6) is 0 Å². The lowest BCUT2D eigenvalue weighted by atomic mass is 10.0. The van der Waals surface area contributed by atoms with Crippen molar-refractivity contribution in [1.29, 1.82) is 0 Å². The second kappa shape index (κ2) is 7.08. The van der Waals surface area contributed by atoms with Gasteiger partial charge < -0.3 is 14.4 Å². The van der Waals surface area contributed by atoms with Gasteiger partial charge in [0, 0.05) is 26.2 Å². The molecule has 0 spiro atoms. The van der Waals surface area contributed by atoms with Gasteiger partial charge in [-0.3, -0.25) is 4.79 Å². The molecular weight excluding hydrogens is 300 g/mol. The lowest BCUT2D eigenvalue weighted by molar-refractivity contribution is -0.133. The second-order valence-electron chi connectivity index (χ2n) is 5.96. The van der Waals surface area contributed by atoms with E-state index >= 15 is 0 Å². The van der Waals surface area contributed by atoms with Gasteiger partial charge >= 0.3 is 5.97 Å². The van der Waals surface area contributed by atoms with Crippen molar-refractivity contribution in [3.63, 3.8) is 0 Å². The predicted molar refractivity (Wildman–Crippen MR) is 79.6 cm³/mol. The van der Waals surface area contributed by atoms with Crippen molar-refractivity contribution >= 4 is 11.9 Å². The summed E-state index contributed by atoms with van der Waals surface area (Å²) in [5.74, 6) is -0.105. The molecule has 0 bridgehead atoms. The molecule has 2 fully saturated rings. The molecule has 2 aliphatic heterocycles. The van der Waals surface area contributed by atoms with Crippen LogP contribution in [0.15, 0.2) is 0 Å². The molecule has 8 heteroatoms. The largest absolute Gasteiger partial charge is 0.461 e. The van der Waals surface area contributed by atoms with Crippen LogP contribution in [0.4, 0.5) is 0 Å². The Morgan fingerprint density at radius 2 is 2.26 bits per heavy atom. The summed E-state index contributed by atoms with van der Waals surface area (Å²) in [4.78, 5) is 26.4. The minimum absolute atomic E-state index is 0.0980. The normalized spacial score (nSPS) is 24.1. The molecule has 3 heterocycles. The van der Waals surface area contributed by atoms with E-state index in [0.717, 1.165) is 25.9 Å². The van der Waals surface area contributed by atoms with E-state index in [1.165, 1.54) is 0 Å². The quantitative estimate of drug-likeness (QED) is 0.814. The number of amides is 1. The lowest BCUT2D eigenvalue weighted by Crippen LogP contribution is -2.33. The molecule has 1 aromatic rings. The summed E-state index contributed by atoms with van der Waals surface area (Å²) in [7, 11) is 0. The van der Waals surface area contributed by atoms with Gasteiger partial charge in [0.1, 0.15) is 5.69 Å². The predicted octanol–water partition coefficient (Wildman–Crippen LogP) is 1.07. The third kappa shape index (κ3) is 3.36. The number of aromatic amines is 1. The third-order valence-electron chi connectivity index (χ3n) is 4.42. The van der Waals surface area contributed by atoms with Crippen molar-refractivity contribution < 1.29 is 19.1 Å². The van der Waals surface area contributed by atoms with Crippen molar-refractivity contribution in [2.45, 2.75) is 38.6 Å². The van der Waals surface area contributed by atoms with Gasteiger partial charge in [0.05, 0.1) is 12.6 Å². The second-order valence-corrected chi connectivity index (χ2v) is 5.96. The first-order valence-electron chi connectivity index (χ1n) is 8.15. The number of ether oxygens (including phenoxy) is 2. The Bertz CT molecular complexity index is 568. The molecule has 2 atom stereocenters. The Labute approximate surface area is 134 Å². The number of carbonyl (C=O) groups is 2. The summed E-state index contributed by atoms with van der Waals surface area (Å²) < 4.78 is 10.3. The Kier molecular flexibility index (Phi) is 4.90. The molecule has 2 saturated heterocycles. The molecule has 1 N–H and O–H groups in total. The number of H-pyrrole nitrogens is 1. The molecule has 23 heavy (non-hydrogen) atoms. The van der Waals surface area contributed by atoms with E-state index in [1.54, 1.807) is 6.92 Å². The van der Waals surface area contributed by atoms with Crippen LogP contribution in [0.1, 0.15) is 54.8 Å². The van der Waals surface area contributed by atoms with Crippen molar-refractivity contribution in [2.24, 2.45) is 5.92 Å². The smallest absolute Gasteiger partial charge is 0.360 e. The van der Waals surface area contributed by atoms with Crippen LogP contribution in [0, 0.1) is 5.92 Å². The average molecular weight is 322 g/mol. The van der Waals surface area contributed by atoms with Gasteiger partial charge in [-0.15, -0.1) is 5.10 Å². The zero-order valence-corrected chi connectivity index (χ0v) is 13.3. The zero-order valence-electron chi connectivity index (χ0n) is 13.3. The molecule has 126 valence electrons. The molecule has 0 radical (unpaired) electrons. The van der Waals surface area contributed by atoms with E-state index in [0.29, 0.717) is 31.2 Å². The standard InChI is InChI=1S/C15H22N4O4/c1-2-23-15(21)14-13(16-18-17-14)11-4-3-6-19(11)12(20)8-10-5-7-22-9-10/h10-11H,2-9H2,1H3,(H,16,17,18). The molecule has 2 aliphatic rings. The Hall–Kier alpha value is -1.96. The summed E-state index contributed by atoms with van der Waals surface area (Å²) in [5, 5.41) is 10.5. The molecule has 0 aliphatic carbocycles. The van der Waals surface area contributed by atoms with E-state index in [1.807, 2.05) is 4.90 Å². The average Bonchev–Trinajstić information content (AvgIpc) is 3.27. The molecule has 2 unspecified atom stereocenters. The van der Waals surface area contributed by atoms with E-state index in [4.69, 9.17) is 9.47 Å². The molecule has 8 nitrogen and oxygen atoms in total. The van der Waals surface area contributed by atoms with Gasteiger partial charge in [-0.2, -0.15) is 10.3 Å². The third-order valence-corrected chi connectivity index (χ3v) is 4.42. The summed E-state index contributed by atoms with van der Waals surface area (Å²) in [5.41, 5.74) is 0.692. The number of carbonyl (C=O) groups excluding carboxylic acids is 2. The number of nitrogens with one attached hydrogen (secondary N) is 1. The molecule has 3 rings (SSSR count). The van der Waals surface area contributed by atoms with Gasteiger partial charge in [0.15, 0.2) is 5.69 Å². The lowest BCUT2D eigenvalue weighted by Gasteiger charge is -2.24. The van der Waals surface area contributed by atoms with Gasteiger partial charge in [-0.1, -0.05) is 0 Å². The number of aromatic nitrogens is 3. The highest BCUT2D eigenvalue weighted by atomic mass is 16.5. The van der Waals surface area contributed by atoms with Gasteiger partial charge in [0.2, 0.25) is 5.91 Å². The Balaban J connectivity index is 1.72. The summed E-state index contributed by atoms with van der Waals surface area (Å²) in [6.45, 7) is 4.10. The molecule has 1 amide bonds. The number of hydrogen-bond acceptors (Lipinski definition) is 6. The Morgan fingerprint density at radius 3 is 3.00 bits per heavy atom. The SMILES string of the molecule is CCOC(=O)c1n[nH]nc1C1CCCN1C(=O)CC1CCOC1. The number of hydrogen-bond donors (Lipinski definition) is 1. The first-order chi connectivity index (χ1) is 11.2. The fraction of sp³-hybridized carbons (Fsp3) is 0.733. The minimum Gasteiger partial charge on any atom is -0.461 e. The van der Waals surface area contributed by atoms with Crippen molar-refractivity contribution in [2.75, 3.05) is 26.4 Å². The first-order valence-corrected chi connectivity index (χ1v) is 8.15. The van der Waals surface area contributed by atoms with Gasteiger partial charge in [-0.25, -0.2) is 4.79 Å². The molecule has 0 saturated carbocycles. The first kappa shape index (κ1) is 15.9. The molecule has 0 aromatic carbocycles. The summed E-state index contributed by atoms with van der Waals surface area (Å²) in [6, 6.07) is -0.206. The molecule has 1 aromatic heterocycles. The van der Waals surface area contributed by atoms with Gasteiger partial charge in [-0.05, 0) is 32.1 Å². The van der Waals surface area contributed by atoms with Crippen LogP contribution < -0.4 is 0 Å². The Morgan fingerprint density at radius 1 is 1.39 bits per heavy atom. The van der Waals surface area contributed by atoms with E-state index < -0.39 is 5.97 Å². The highest BCUT2D eigenvalue weighted by Gasteiger charge is 2.36. The van der Waals surface area contributed by atoms with Crippen LogP contribution in [0.25, 0.3) is 0 Å². The van der Waals surface area contributed by atoms with Crippen LogP contribution in [-0.4, -0.2) is 58.6 Å². The highest BCUT2D eigenvalue weighted by Crippen LogP contribution is 2.33. The van der Waals surface area contributed by atoms with Gasteiger partial charge in [0.25, 0.3) is 0 Å². The minimum atomic E-state index is -0.500. The maximum absolute atomic E-state index is 12.6. The number of nitrogens with zero attached hydrogens (tertiary/aromatic N) is 3. The molecular formula is C15H22N4O4. The fourth-order valence-electron chi connectivity index (χ4n) is 3.28. The summed E-state index contributed by atoms with van der Waals surface area (Å²) in [6.07, 6.45) is 3.10. The summed E-state index contributed by atoms with van der Waals surface area (Å²) >= 11 is 0. The van der Waals surface area contributed by atoms with Crippen molar-refractivity contribution in [3.8, 4) is 0 Å². The van der Waals surface area contributed by atoms with Crippen LogP contribution in [-0.2, 0) is 14.3 Å². The topological polar surface area (TPSA) is 97.4 Å². The van der Waals surface area contributed by atoms with E-state index in [-0.39, 0.29) is 24.2 Å². The maximum atomic E-state index is 12.6. The monoisotopic (exact) mass is 322 g/mol. The van der Waals surface area contributed by atoms with Crippen LogP contribution >= 0.6 is 0 Å². The van der Waals surface area contributed by atoms with Crippen LogP contribution in [0.2, 0.25) is 0 Å². The highest BCUT2D eigenvalue weighted by molar-refractivity contribution is 5.88. The van der Waals surface area contributed by atoms with Crippen molar-refractivity contribution in [1.82, 2.24) is 20.3 Å². The zero-order chi connectivity index (χ0) is 16.2. The van der Waals surface area contributed by atoms with E-state index in [2.05, 4.69) is 15.4 Å². The van der Waals surface area contributed by atoms with Crippen LogP contribution in [0.3, 0.4) is 0 Å². The number of rotatable bonds is 5. The maximum Gasteiger partial charge on any atom is 0.360 e. The van der Waals surface area contributed by atoms with E-state index in [9.17, 15) is 9.59 Å². The number of esters is 1. The van der Waals surface area contributed by atoms with Crippen molar-refractivity contribution in [3.05, 3.63) is 11.4 Å². The fourth-order valence-corrected chi connectivity index (χ4v) is 3.28. The number of likely N-dealkylation sites (tertiary alicyclic amines) is 1.